The smallest absolute Gasteiger partial charge is 0.322 e. The van der Waals surface area contributed by atoms with E-state index in [1.807, 2.05) is 29.7 Å². The fourth-order valence-corrected chi connectivity index (χ4v) is 5.92. The Hall–Kier alpha value is -3.06. The molecule has 0 radical (unpaired) electrons. The first-order chi connectivity index (χ1) is 18.2. The topological polar surface area (TPSA) is 119 Å². The number of carbonyl (C=O) groups is 2. The number of nitrogens with one attached hydrogen (secondary N) is 1. The third kappa shape index (κ3) is 6.87. The number of nitrogens with zero attached hydrogens (tertiary/aromatic N) is 4. The Morgan fingerprint density at radius 2 is 1.61 bits per heavy atom. The summed E-state index contributed by atoms with van der Waals surface area (Å²) in [7, 11) is -3.17. The van der Waals surface area contributed by atoms with Crippen LogP contribution < -0.4 is 16.2 Å². The standard InChI is InChI=1S/C26H35FN6O4S/c1-2-30-9-11-31(12-10-30)18-20-3-7-23(8-4-20)33(26(35)32-13-15-38(36,37)16-14-32)19-22-6-5-21(17-24(22)27)25(34)29-28/h3-8,17H,2,9-16,18-19,28H2,1H3,(H,29,34). The second-order valence-corrected chi connectivity index (χ2v) is 12.0. The van der Waals surface area contributed by atoms with Gasteiger partial charge in [-0.15, -0.1) is 0 Å². The van der Waals surface area contributed by atoms with Crippen LogP contribution in [-0.4, -0.2) is 92.4 Å². The van der Waals surface area contributed by atoms with E-state index in [9.17, 15) is 22.4 Å². The Balaban J connectivity index is 1.54. The number of nitrogen functional groups attached to an aromatic ring is 1. The van der Waals surface area contributed by atoms with Gasteiger partial charge in [-0.2, -0.15) is 0 Å². The molecule has 206 valence electrons. The molecular formula is C26H35FN6O4S. The maximum Gasteiger partial charge on any atom is 0.324 e. The highest BCUT2D eigenvalue weighted by Crippen LogP contribution is 2.23. The molecule has 0 aromatic heterocycles. The van der Waals surface area contributed by atoms with E-state index in [-0.39, 0.29) is 42.3 Å². The van der Waals surface area contributed by atoms with Gasteiger partial charge < -0.3 is 9.80 Å². The number of amides is 3. The molecule has 2 aliphatic rings. The Bertz CT molecular complexity index is 1230. The van der Waals surface area contributed by atoms with E-state index in [2.05, 4.69) is 16.7 Å². The number of halogens is 1. The number of carbonyl (C=O) groups excluding carboxylic acids is 2. The fraction of sp³-hybridized carbons (Fsp3) is 0.462. The molecule has 2 aromatic rings. The van der Waals surface area contributed by atoms with E-state index in [1.165, 1.54) is 21.9 Å². The summed E-state index contributed by atoms with van der Waals surface area (Å²) < 4.78 is 38.7. The number of urea groups is 1. The highest BCUT2D eigenvalue weighted by molar-refractivity contribution is 7.91. The molecule has 38 heavy (non-hydrogen) atoms. The molecule has 2 fully saturated rings. The molecule has 0 unspecified atom stereocenters. The minimum absolute atomic E-state index is 0.0667. The van der Waals surface area contributed by atoms with Crippen LogP contribution in [0.3, 0.4) is 0 Å². The van der Waals surface area contributed by atoms with Gasteiger partial charge in [0.15, 0.2) is 9.84 Å². The number of hydrazine groups is 1. The minimum atomic E-state index is -3.17. The maximum absolute atomic E-state index is 14.9. The van der Waals surface area contributed by atoms with Crippen molar-refractivity contribution >= 4 is 27.5 Å². The van der Waals surface area contributed by atoms with Gasteiger partial charge in [-0.3, -0.25) is 20.0 Å². The first kappa shape index (κ1) is 28.0. The van der Waals surface area contributed by atoms with Crippen LogP contribution in [0.25, 0.3) is 0 Å². The molecule has 0 atom stereocenters. The van der Waals surface area contributed by atoms with E-state index in [0.717, 1.165) is 50.9 Å². The number of benzene rings is 2. The van der Waals surface area contributed by atoms with Gasteiger partial charge in [0.2, 0.25) is 0 Å². The lowest BCUT2D eigenvalue weighted by atomic mass is 10.1. The van der Waals surface area contributed by atoms with Gasteiger partial charge in [0, 0.05) is 62.6 Å². The molecular weight excluding hydrogens is 511 g/mol. The van der Waals surface area contributed by atoms with Crippen LogP contribution in [0.5, 0.6) is 0 Å². The minimum Gasteiger partial charge on any atom is -0.322 e. The average molecular weight is 547 g/mol. The van der Waals surface area contributed by atoms with Gasteiger partial charge in [-0.25, -0.2) is 23.4 Å². The number of nitrogens with two attached hydrogens (primary N) is 1. The molecule has 4 rings (SSSR count). The maximum atomic E-state index is 14.9. The van der Waals surface area contributed by atoms with Crippen LogP contribution in [0.4, 0.5) is 14.9 Å². The molecule has 2 aliphatic heterocycles. The second-order valence-electron chi connectivity index (χ2n) is 9.66. The van der Waals surface area contributed by atoms with Crippen molar-refractivity contribution in [2.75, 3.05) is 62.2 Å². The first-order valence-electron chi connectivity index (χ1n) is 12.8. The monoisotopic (exact) mass is 546 g/mol. The SMILES string of the molecule is CCN1CCN(Cc2ccc(N(Cc3ccc(C(=O)NN)cc3F)C(=O)N3CCS(=O)(=O)CC3)cc2)CC1. The predicted molar refractivity (Wildman–Crippen MR) is 144 cm³/mol. The number of anilines is 1. The van der Waals surface area contributed by atoms with Gasteiger partial charge in [0.05, 0.1) is 18.1 Å². The van der Waals surface area contributed by atoms with Crippen LogP contribution in [0.2, 0.25) is 0 Å². The van der Waals surface area contributed by atoms with Crippen LogP contribution in [0.15, 0.2) is 42.5 Å². The Morgan fingerprint density at radius 1 is 0.974 bits per heavy atom. The van der Waals surface area contributed by atoms with E-state index in [1.54, 1.807) is 0 Å². The van der Waals surface area contributed by atoms with Crippen molar-refractivity contribution in [3.63, 3.8) is 0 Å². The van der Waals surface area contributed by atoms with Crippen molar-refractivity contribution in [2.24, 2.45) is 5.84 Å². The summed E-state index contributed by atoms with van der Waals surface area (Å²) >= 11 is 0. The van der Waals surface area contributed by atoms with Crippen LogP contribution in [0, 0.1) is 5.82 Å². The molecule has 2 saturated heterocycles. The summed E-state index contributed by atoms with van der Waals surface area (Å²) in [5.74, 6) is 3.67. The highest BCUT2D eigenvalue weighted by atomic mass is 32.2. The summed E-state index contributed by atoms with van der Waals surface area (Å²) in [5.41, 5.74) is 3.94. The quantitative estimate of drug-likeness (QED) is 0.306. The third-order valence-corrected chi connectivity index (χ3v) is 8.80. The summed E-state index contributed by atoms with van der Waals surface area (Å²) in [5, 5.41) is 0. The third-order valence-electron chi connectivity index (χ3n) is 7.19. The Morgan fingerprint density at radius 3 is 2.18 bits per heavy atom. The summed E-state index contributed by atoms with van der Waals surface area (Å²) in [4.78, 5) is 33.1. The molecule has 0 spiro atoms. The van der Waals surface area contributed by atoms with Crippen LogP contribution in [0.1, 0.15) is 28.4 Å². The van der Waals surface area contributed by atoms with Crippen molar-refractivity contribution in [1.29, 1.82) is 0 Å². The highest BCUT2D eigenvalue weighted by Gasteiger charge is 2.29. The van der Waals surface area contributed by atoms with Crippen LogP contribution >= 0.6 is 0 Å². The number of hydrogen-bond acceptors (Lipinski definition) is 7. The van der Waals surface area contributed by atoms with Gasteiger partial charge in [0.1, 0.15) is 5.82 Å². The van der Waals surface area contributed by atoms with Gasteiger partial charge in [-0.05, 0) is 36.4 Å². The van der Waals surface area contributed by atoms with Crippen molar-refractivity contribution in [3.8, 4) is 0 Å². The molecule has 12 heteroatoms. The van der Waals surface area contributed by atoms with Crippen molar-refractivity contribution < 1.29 is 22.4 Å². The molecule has 0 aliphatic carbocycles. The number of piperazine rings is 1. The molecule has 0 bridgehead atoms. The van der Waals surface area contributed by atoms with E-state index < -0.39 is 27.6 Å². The number of likely N-dealkylation sites (N-methyl/N-ethyl adjacent to an activating group) is 1. The van der Waals surface area contributed by atoms with Crippen molar-refractivity contribution in [2.45, 2.75) is 20.0 Å². The molecule has 3 amide bonds. The lowest BCUT2D eigenvalue weighted by Crippen LogP contribution is -2.49. The van der Waals surface area contributed by atoms with Crippen LogP contribution in [-0.2, 0) is 22.9 Å². The zero-order valence-corrected chi connectivity index (χ0v) is 22.4. The second kappa shape index (κ2) is 12.2. The summed E-state index contributed by atoms with van der Waals surface area (Å²) in [6.45, 7) is 8.17. The first-order valence-corrected chi connectivity index (χ1v) is 14.6. The fourth-order valence-electron chi connectivity index (χ4n) is 4.72. The average Bonchev–Trinajstić information content (AvgIpc) is 2.92. The zero-order valence-electron chi connectivity index (χ0n) is 21.6. The van der Waals surface area contributed by atoms with Gasteiger partial charge in [-0.1, -0.05) is 25.1 Å². The van der Waals surface area contributed by atoms with E-state index in [0.29, 0.717) is 5.69 Å². The lowest BCUT2D eigenvalue weighted by Gasteiger charge is -2.34. The lowest BCUT2D eigenvalue weighted by molar-refractivity contribution is 0.0953. The Labute approximate surface area is 223 Å². The Kier molecular flexibility index (Phi) is 8.98. The van der Waals surface area contributed by atoms with E-state index >= 15 is 0 Å². The van der Waals surface area contributed by atoms with Gasteiger partial charge >= 0.3 is 6.03 Å². The van der Waals surface area contributed by atoms with E-state index in [4.69, 9.17) is 5.84 Å². The van der Waals surface area contributed by atoms with Crippen molar-refractivity contribution in [1.82, 2.24) is 20.1 Å². The molecule has 10 nitrogen and oxygen atoms in total. The predicted octanol–water partition coefficient (Wildman–Crippen LogP) is 1.42. The summed E-state index contributed by atoms with van der Waals surface area (Å²) in [6.07, 6.45) is 0. The molecule has 3 N–H and O–H groups in total. The zero-order chi connectivity index (χ0) is 27.3. The number of rotatable bonds is 7. The number of sulfone groups is 1. The molecule has 2 heterocycles. The molecule has 0 saturated carbocycles. The van der Waals surface area contributed by atoms with Crippen molar-refractivity contribution in [3.05, 3.63) is 65.0 Å². The largest absolute Gasteiger partial charge is 0.324 e. The number of hydrogen-bond donors (Lipinski definition) is 2. The molecule has 2 aromatic carbocycles. The normalized spacial score (nSPS) is 18.2. The van der Waals surface area contributed by atoms with Gasteiger partial charge in [0.25, 0.3) is 5.91 Å². The summed E-state index contributed by atoms with van der Waals surface area (Å²) in [6, 6.07) is 11.2.